The Morgan fingerprint density at radius 2 is 0.583 bits per heavy atom. The molecule has 2 atom stereocenters. The zero-order chi connectivity index (χ0) is 9.00. The summed E-state index contributed by atoms with van der Waals surface area (Å²) >= 11 is 0. The SMILES string of the molecule is O=S(=O)(O)O.O=S(=O)(O)O.P.P. The fourth-order valence-electron chi connectivity index (χ4n) is 0. The summed E-state index contributed by atoms with van der Waals surface area (Å²) in [5, 5.41) is 0. The molecular weight excluding hydrogens is 254 g/mol. The third-order valence-electron chi connectivity index (χ3n) is 0. The Bertz CT molecular complexity index is 211. The van der Waals surface area contributed by atoms with Crippen LogP contribution in [0.4, 0.5) is 0 Å². The zero-order valence-corrected chi connectivity index (χ0v) is 10.1. The van der Waals surface area contributed by atoms with E-state index in [-0.39, 0.29) is 19.8 Å². The summed E-state index contributed by atoms with van der Waals surface area (Å²) in [5.41, 5.74) is 0. The molecule has 12 heavy (non-hydrogen) atoms. The van der Waals surface area contributed by atoms with E-state index in [1.54, 1.807) is 0 Å². The smallest absolute Gasteiger partial charge is 0.264 e. The molecule has 4 N–H and O–H groups in total. The molecule has 12 heteroatoms. The lowest BCUT2D eigenvalue weighted by molar-refractivity contribution is 0.378. The number of hydrogen-bond donors (Lipinski definition) is 4. The highest BCUT2D eigenvalue weighted by atomic mass is 32.3. The van der Waals surface area contributed by atoms with Crippen LogP contribution in [0.5, 0.6) is 0 Å². The van der Waals surface area contributed by atoms with Crippen LogP contribution in [0, 0.1) is 0 Å². The van der Waals surface area contributed by atoms with Crippen molar-refractivity contribution in [2.75, 3.05) is 0 Å². The lowest BCUT2D eigenvalue weighted by Gasteiger charge is -1.68. The summed E-state index contributed by atoms with van der Waals surface area (Å²) in [6.45, 7) is 0. The molecule has 0 aromatic rings. The highest BCUT2D eigenvalue weighted by Gasteiger charge is 1.85. The maximum atomic E-state index is 8.74. The van der Waals surface area contributed by atoms with Crippen LogP contribution in [0.3, 0.4) is 0 Å². The minimum atomic E-state index is -4.67. The predicted octanol–water partition coefficient (Wildman–Crippen LogP) is -1.19. The molecule has 0 aromatic carbocycles. The molecule has 0 bridgehead atoms. The minimum absolute atomic E-state index is 0. The Morgan fingerprint density at radius 1 is 0.583 bits per heavy atom. The lowest BCUT2D eigenvalue weighted by Crippen LogP contribution is -1.89. The van der Waals surface area contributed by atoms with Gasteiger partial charge < -0.3 is 0 Å². The summed E-state index contributed by atoms with van der Waals surface area (Å²) in [7, 11) is -9.33. The van der Waals surface area contributed by atoms with Crippen molar-refractivity contribution in [2.24, 2.45) is 0 Å². The van der Waals surface area contributed by atoms with Crippen molar-refractivity contribution in [3.8, 4) is 0 Å². The Morgan fingerprint density at radius 3 is 0.583 bits per heavy atom. The summed E-state index contributed by atoms with van der Waals surface area (Å²) < 4.78 is 63.2. The van der Waals surface area contributed by atoms with E-state index < -0.39 is 20.8 Å². The van der Waals surface area contributed by atoms with Gasteiger partial charge in [-0.1, -0.05) is 0 Å². The molecule has 0 fully saturated rings. The summed E-state index contributed by atoms with van der Waals surface area (Å²) in [6.07, 6.45) is 0. The van der Waals surface area contributed by atoms with Crippen molar-refractivity contribution in [1.29, 1.82) is 0 Å². The Labute approximate surface area is 76.1 Å². The zero-order valence-electron chi connectivity index (χ0n) is 5.65. The van der Waals surface area contributed by atoms with E-state index in [0.29, 0.717) is 0 Å². The van der Waals surface area contributed by atoms with Crippen molar-refractivity contribution < 1.29 is 35.0 Å². The average molecular weight is 264 g/mol. The fraction of sp³-hybridized carbons (Fsp3) is 0. The second-order valence-corrected chi connectivity index (χ2v) is 2.69. The molecule has 0 saturated carbocycles. The molecule has 80 valence electrons. The van der Waals surface area contributed by atoms with Crippen LogP contribution in [-0.4, -0.2) is 35.0 Å². The molecule has 0 rings (SSSR count). The van der Waals surface area contributed by atoms with E-state index in [0.717, 1.165) is 0 Å². The van der Waals surface area contributed by atoms with Crippen LogP contribution in [-0.2, 0) is 20.8 Å². The van der Waals surface area contributed by atoms with Crippen LogP contribution in [0.2, 0.25) is 0 Å². The van der Waals surface area contributed by atoms with E-state index in [2.05, 4.69) is 0 Å². The predicted molar refractivity (Wildman–Crippen MR) is 50.6 cm³/mol. The minimum Gasteiger partial charge on any atom is -0.264 e. The Kier molecular flexibility index (Phi) is 15.7. The molecule has 0 spiro atoms. The molecule has 0 aliphatic carbocycles. The molecule has 8 nitrogen and oxygen atoms in total. The van der Waals surface area contributed by atoms with E-state index in [9.17, 15) is 0 Å². The number of rotatable bonds is 0. The van der Waals surface area contributed by atoms with Gasteiger partial charge in [-0.05, 0) is 0 Å². The van der Waals surface area contributed by atoms with Gasteiger partial charge >= 0.3 is 20.8 Å². The van der Waals surface area contributed by atoms with Crippen molar-refractivity contribution in [3.63, 3.8) is 0 Å². The van der Waals surface area contributed by atoms with E-state index >= 15 is 0 Å². The Hall–Kier alpha value is 0.600. The van der Waals surface area contributed by atoms with Gasteiger partial charge in [0.2, 0.25) is 0 Å². The first-order valence-electron chi connectivity index (χ1n) is 1.40. The van der Waals surface area contributed by atoms with E-state index in [1.165, 1.54) is 0 Å². The molecule has 0 saturated heterocycles. The monoisotopic (exact) mass is 264 g/mol. The largest absolute Gasteiger partial charge is 0.394 e. The van der Waals surface area contributed by atoms with E-state index in [1.807, 2.05) is 0 Å². The van der Waals surface area contributed by atoms with Crippen molar-refractivity contribution >= 4 is 40.6 Å². The van der Waals surface area contributed by atoms with Gasteiger partial charge in [0.25, 0.3) is 0 Å². The van der Waals surface area contributed by atoms with Crippen LogP contribution in [0.25, 0.3) is 0 Å². The lowest BCUT2D eigenvalue weighted by atomic mass is 15.8. The quantitative estimate of drug-likeness (QED) is 0.315. The summed E-state index contributed by atoms with van der Waals surface area (Å²) in [4.78, 5) is 0. The van der Waals surface area contributed by atoms with Crippen LogP contribution >= 0.6 is 19.8 Å². The molecule has 0 amide bonds. The van der Waals surface area contributed by atoms with E-state index in [4.69, 9.17) is 35.0 Å². The first kappa shape index (κ1) is 22.9. The van der Waals surface area contributed by atoms with Crippen molar-refractivity contribution in [3.05, 3.63) is 0 Å². The molecule has 0 heterocycles. The highest BCUT2D eigenvalue weighted by molar-refractivity contribution is 7.80. The molecule has 2 unspecified atom stereocenters. The first-order chi connectivity index (χ1) is 4.00. The maximum absolute atomic E-state index is 8.74. The molecule has 0 aliphatic rings. The van der Waals surface area contributed by atoms with Crippen LogP contribution in [0.1, 0.15) is 0 Å². The van der Waals surface area contributed by atoms with Crippen LogP contribution < -0.4 is 0 Å². The van der Waals surface area contributed by atoms with Gasteiger partial charge in [0.05, 0.1) is 0 Å². The van der Waals surface area contributed by atoms with Gasteiger partial charge in [-0.3, -0.25) is 18.2 Å². The summed E-state index contributed by atoms with van der Waals surface area (Å²) in [6, 6.07) is 0. The maximum Gasteiger partial charge on any atom is 0.394 e. The second-order valence-electron chi connectivity index (χ2n) is 0.896. The van der Waals surface area contributed by atoms with Crippen molar-refractivity contribution in [2.45, 2.75) is 0 Å². The van der Waals surface area contributed by atoms with Gasteiger partial charge in [0.15, 0.2) is 0 Å². The van der Waals surface area contributed by atoms with Gasteiger partial charge in [-0.25, -0.2) is 0 Å². The Balaban J connectivity index is -0.0000000457. The van der Waals surface area contributed by atoms with Gasteiger partial charge in [0, 0.05) is 0 Å². The third-order valence-corrected chi connectivity index (χ3v) is 0. The van der Waals surface area contributed by atoms with Gasteiger partial charge in [0.1, 0.15) is 0 Å². The highest BCUT2D eigenvalue weighted by Crippen LogP contribution is 1.59. The first-order valence-corrected chi connectivity index (χ1v) is 4.19. The summed E-state index contributed by atoms with van der Waals surface area (Å²) in [5.74, 6) is 0. The topological polar surface area (TPSA) is 149 Å². The molecule has 0 radical (unpaired) electrons. The fourth-order valence-corrected chi connectivity index (χ4v) is 0. The molecule has 0 aromatic heterocycles. The molecular formula is H10O8P2S2. The number of hydrogen-bond acceptors (Lipinski definition) is 4. The normalized spacial score (nSPS) is 9.67. The van der Waals surface area contributed by atoms with Gasteiger partial charge in [-0.15, -0.1) is 0 Å². The second kappa shape index (κ2) is 8.21. The van der Waals surface area contributed by atoms with Crippen molar-refractivity contribution in [1.82, 2.24) is 0 Å². The average Bonchev–Trinajstić information content (AvgIpc) is 1.12. The molecule has 0 aliphatic heterocycles. The standard InChI is InChI=1S/2H2O4S.2H3P/c2*1-5(2,3)4;;/h2*(H2,1,2,3,4);2*1H3. The van der Waals surface area contributed by atoms with Gasteiger partial charge in [-0.2, -0.15) is 36.6 Å². The van der Waals surface area contributed by atoms with Crippen LogP contribution in [0.15, 0.2) is 0 Å². The third kappa shape index (κ3) is 2710.